The molecule has 0 bridgehead atoms. The van der Waals surface area contributed by atoms with Gasteiger partial charge in [0.2, 0.25) is 0 Å². The molecule has 1 N–H and O–H groups in total. The maximum atomic E-state index is 11.4. The summed E-state index contributed by atoms with van der Waals surface area (Å²) in [6.07, 6.45) is 3.00. The average Bonchev–Trinajstić information content (AvgIpc) is 2.64. The maximum Gasteiger partial charge on any atom is 0.175 e. The Morgan fingerprint density at radius 3 is 2.71 bits per heavy atom. The molecule has 5 heteroatoms. The lowest BCUT2D eigenvalue weighted by Crippen LogP contribution is -2.25. The fourth-order valence-electron chi connectivity index (χ4n) is 2.00. The van der Waals surface area contributed by atoms with Gasteiger partial charge in [0, 0.05) is 6.26 Å². The first-order valence-electron chi connectivity index (χ1n) is 5.61. The number of benzene rings is 1. The number of rotatable bonds is 3. The van der Waals surface area contributed by atoms with Gasteiger partial charge in [0.15, 0.2) is 9.84 Å². The minimum Gasteiger partial charge on any atom is -0.488 e. The first-order valence-corrected chi connectivity index (χ1v) is 7.51. The fourth-order valence-corrected chi connectivity index (χ4v) is 2.65. The van der Waals surface area contributed by atoms with Crippen LogP contribution in [-0.2, 0) is 9.84 Å². The molecule has 17 heavy (non-hydrogen) atoms. The van der Waals surface area contributed by atoms with Gasteiger partial charge in [-0.1, -0.05) is 6.07 Å². The summed E-state index contributed by atoms with van der Waals surface area (Å²) < 4.78 is 28.4. The van der Waals surface area contributed by atoms with Gasteiger partial charge < -0.3 is 9.84 Å². The van der Waals surface area contributed by atoms with E-state index in [4.69, 9.17) is 4.74 Å². The van der Waals surface area contributed by atoms with Crippen LogP contribution in [0.15, 0.2) is 29.2 Å². The van der Waals surface area contributed by atoms with Crippen molar-refractivity contribution in [1.82, 2.24) is 0 Å². The standard InChI is InChI=1S/C12H16O4S/c1-17(14,15)10-5-2-4-9(8-10)16-12-7-3-6-11(12)13/h2,4-5,8,11-13H,3,6-7H2,1H3. The zero-order valence-electron chi connectivity index (χ0n) is 9.67. The van der Waals surface area contributed by atoms with E-state index in [-0.39, 0.29) is 11.0 Å². The third kappa shape index (κ3) is 2.98. The van der Waals surface area contributed by atoms with Crippen LogP contribution in [0.3, 0.4) is 0 Å². The molecule has 4 nitrogen and oxygen atoms in total. The lowest BCUT2D eigenvalue weighted by atomic mass is 10.2. The van der Waals surface area contributed by atoms with Gasteiger partial charge in [-0.25, -0.2) is 8.42 Å². The number of hydrogen-bond acceptors (Lipinski definition) is 4. The minimum absolute atomic E-state index is 0.218. The van der Waals surface area contributed by atoms with Gasteiger partial charge in [-0.15, -0.1) is 0 Å². The number of aliphatic hydroxyl groups is 1. The van der Waals surface area contributed by atoms with Crippen LogP contribution >= 0.6 is 0 Å². The Kier molecular flexibility index (Phi) is 3.40. The minimum atomic E-state index is -3.21. The molecule has 2 atom stereocenters. The highest BCUT2D eigenvalue weighted by molar-refractivity contribution is 7.90. The zero-order valence-corrected chi connectivity index (χ0v) is 10.5. The van der Waals surface area contributed by atoms with Gasteiger partial charge in [-0.3, -0.25) is 0 Å². The van der Waals surface area contributed by atoms with E-state index in [1.54, 1.807) is 12.1 Å². The molecule has 1 aromatic rings. The largest absolute Gasteiger partial charge is 0.488 e. The molecule has 1 aliphatic carbocycles. The second-order valence-electron chi connectivity index (χ2n) is 4.40. The molecule has 1 aromatic carbocycles. The summed E-state index contributed by atoms with van der Waals surface area (Å²) in [5, 5.41) is 9.64. The van der Waals surface area contributed by atoms with Crippen molar-refractivity contribution in [2.24, 2.45) is 0 Å². The topological polar surface area (TPSA) is 63.6 Å². The average molecular weight is 256 g/mol. The van der Waals surface area contributed by atoms with Gasteiger partial charge in [-0.05, 0) is 37.5 Å². The van der Waals surface area contributed by atoms with E-state index in [1.165, 1.54) is 12.1 Å². The summed E-state index contributed by atoms with van der Waals surface area (Å²) in [7, 11) is -3.21. The molecule has 0 spiro atoms. The summed E-state index contributed by atoms with van der Waals surface area (Å²) in [6, 6.07) is 6.39. The summed E-state index contributed by atoms with van der Waals surface area (Å²) in [5.74, 6) is 0.499. The Balaban J connectivity index is 2.17. The Bertz CT molecular complexity index is 495. The summed E-state index contributed by atoms with van der Waals surface area (Å²) in [6.45, 7) is 0. The molecular formula is C12H16O4S. The van der Waals surface area contributed by atoms with E-state index in [0.717, 1.165) is 25.5 Å². The highest BCUT2D eigenvalue weighted by atomic mass is 32.2. The van der Waals surface area contributed by atoms with Crippen LogP contribution in [0.4, 0.5) is 0 Å². The maximum absolute atomic E-state index is 11.4. The molecule has 1 fully saturated rings. The molecule has 94 valence electrons. The van der Waals surface area contributed by atoms with Crippen LogP contribution in [0.5, 0.6) is 5.75 Å². The molecule has 2 unspecified atom stereocenters. The van der Waals surface area contributed by atoms with Crippen LogP contribution in [0.2, 0.25) is 0 Å². The van der Waals surface area contributed by atoms with Crippen molar-refractivity contribution in [2.45, 2.75) is 36.4 Å². The molecule has 0 radical (unpaired) electrons. The van der Waals surface area contributed by atoms with Crippen LogP contribution in [-0.4, -0.2) is 32.0 Å². The van der Waals surface area contributed by atoms with E-state index in [1.807, 2.05) is 0 Å². The second-order valence-corrected chi connectivity index (χ2v) is 6.42. The fraction of sp³-hybridized carbons (Fsp3) is 0.500. The van der Waals surface area contributed by atoms with Gasteiger partial charge in [0.25, 0.3) is 0 Å². The van der Waals surface area contributed by atoms with E-state index in [2.05, 4.69) is 0 Å². The van der Waals surface area contributed by atoms with Gasteiger partial charge >= 0.3 is 0 Å². The van der Waals surface area contributed by atoms with Crippen molar-refractivity contribution < 1.29 is 18.3 Å². The lowest BCUT2D eigenvalue weighted by molar-refractivity contribution is 0.0602. The van der Waals surface area contributed by atoms with Crippen molar-refractivity contribution in [3.63, 3.8) is 0 Å². The molecule has 2 rings (SSSR count). The molecule has 0 saturated heterocycles. The number of ether oxygens (including phenoxy) is 1. The summed E-state index contributed by atoms with van der Waals surface area (Å²) >= 11 is 0. The quantitative estimate of drug-likeness (QED) is 0.887. The van der Waals surface area contributed by atoms with Crippen molar-refractivity contribution in [2.75, 3.05) is 6.26 Å². The van der Waals surface area contributed by atoms with Gasteiger partial charge in [0.05, 0.1) is 11.0 Å². The van der Waals surface area contributed by atoms with Crippen molar-refractivity contribution in [1.29, 1.82) is 0 Å². The normalized spacial score (nSPS) is 24.8. The second kappa shape index (κ2) is 4.66. The number of sulfone groups is 1. The molecule has 0 heterocycles. The molecule has 1 aliphatic rings. The third-order valence-electron chi connectivity index (χ3n) is 2.94. The monoisotopic (exact) mass is 256 g/mol. The summed E-state index contributed by atoms with van der Waals surface area (Å²) in [4.78, 5) is 0.238. The predicted molar refractivity (Wildman–Crippen MR) is 63.8 cm³/mol. The van der Waals surface area contributed by atoms with Gasteiger partial charge in [-0.2, -0.15) is 0 Å². The number of hydrogen-bond donors (Lipinski definition) is 1. The first kappa shape index (κ1) is 12.4. The SMILES string of the molecule is CS(=O)(=O)c1cccc(OC2CCCC2O)c1. The van der Waals surface area contributed by atoms with E-state index in [0.29, 0.717) is 5.75 Å². The van der Waals surface area contributed by atoms with Gasteiger partial charge in [0.1, 0.15) is 11.9 Å². The van der Waals surface area contributed by atoms with Crippen LogP contribution in [0, 0.1) is 0 Å². The Hall–Kier alpha value is -1.07. The van der Waals surface area contributed by atoms with Crippen LogP contribution in [0.25, 0.3) is 0 Å². The lowest BCUT2D eigenvalue weighted by Gasteiger charge is -2.17. The molecule has 0 aromatic heterocycles. The Morgan fingerprint density at radius 2 is 2.12 bits per heavy atom. The van der Waals surface area contributed by atoms with Crippen LogP contribution < -0.4 is 4.74 Å². The Labute approximate surface area is 101 Å². The third-order valence-corrected chi connectivity index (χ3v) is 4.05. The zero-order chi connectivity index (χ0) is 12.5. The number of aliphatic hydroxyl groups excluding tert-OH is 1. The van der Waals surface area contributed by atoms with E-state index >= 15 is 0 Å². The summed E-state index contributed by atoms with van der Waals surface area (Å²) in [5.41, 5.74) is 0. The van der Waals surface area contributed by atoms with Crippen LogP contribution in [0.1, 0.15) is 19.3 Å². The highest BCUT2D eigenvalue weighted by Crippen LogP contribution is 2.26. The smallest absolute Gasteiger partial charge is 0.175 e. The molecule has 0 aliphatic heterocycles. The Morgan fingerprint density at radius 1 is 1.35 bits per heavy atom. The highest BCUT2D eigenvalue weighted by Gasteiger charge is 2.27. The molecule has 0 amide bonds. The molecule has 1 saturated carbocycles. The van der Waals surface area contributed by atoms with Crippen molar-refractivity contribution in [3.05, 3.63) is 24.3 Å². The van der Waals surface area contributed by atoms with E-state index in [9.17, 15) is 13.5 Å². The van der Waals surface area contributed by atoms with Crippen molar-refractivity contribution >= 4 is 9.84 Å². The molecular weight excluding hydrogens is 240 g/mol. The predicted octanol–water partition coefficient (Wildman–Crippen LogP) is 1.38. The first-order chi connectivity index (χ1) is 7.97. The van der Waals surface area contributed by atoms with Crippen molar-refractivity contribution in [3.8, 4) is 5.75 Å². The van der Waals surface area contributed by atoms with E-state index < -0.39 is 15.9 Å².